The van der Waals surface area contributed by atoms with Crippen molar-refractivity contribution in [2.45, 2.75) is 34.1 Å². The van der Waals surface area contributed by atoms with E-state index in [-0.39, 0.29) is 0 Å². The van der Waals surface area contributed by atoms with Crippen LogP contribution >= 0.6 is 0 Å². The molecule has 0 aromatic heterocycles. The largest absolute Gasteiger partial charge is 0.374 e. The van der Waals surface area contributed by atoms with Crippen LogP contribution < -0.4 is 10.2 Å². The van der Waals surface area contributed by atoms with E-state index < -0.39 is 0 Å². The first-order valence-corrected chi connectivity index (χ1v) is 7.00. The first kappa shape index (κ1) is 15.0. The molecule has 0 spiro atoms. The van der Waals surface area contributed by atoms with E-state index in [0.29, 0.717) is 5.41 Å². The van der Waals surface area contributed by atoms with Crippen LogP contribution in [0.25, 0.3) is 0 Å². The maximum atomic E-state index is 3.48. The summed E-state index contributed by atoms with van der Waals surface area (Å²) in [6, 6.07) is 8.61. The number of para-hydroxylation sites is 1. The van der Waals surface area contributed by atoms with Crippen LogP contribution in [0.1, 0.15) is 32.8 Å². The van der Waals surface area contributed by atoms with Gasteiger partial charge in [0.25, 0.3) is 0 Å². The van der Waals surface area contributed by atoms with E-state index in [1.807, 2.05) is 0 Å². The second kappa shape index (κ2) is 6.79. The molecule has 1 rings (SSSR count). The van der Waals surface area contributed by atoms with Crippen LogP contribution in [0, 0.1) is 12.3 Å². The van der Waals surface area contributed by atoms with E-state index in [0.717, 1.165) is 19.6 Å². The number of nitrogens with zero attached hydrogens (tertiary/aromatic N) is 1. The molecular formula is C16H28N2. The van der Waals surface area contributed by atoms with Crippen LogP contribution in [-0.2, 0) is 0 Å². The number of rotatable bonds is 7. The molecule has 0 aliphatic carbocycles. The summed E-state index contributed by atoms with van der Waals surface area (Å²) < 4.78 is 0. The third-order valence-electron chi connectivity index (χ3n) is 3.80. The molecule has 1 aromatic rings. The zero-order valence-corrected chi connectivity index (χ0v) is 12.6. The van der Waals surface area contributed by atoms with Crippen molar-refractivity contribution < 1.29 is 0 Å². The van der Waals surface area contributed by atoms with Crippen molar-refractivity contribution >= 4 is 5.69 Å². The molecule has 0 fully saturated rings. The average Bonchev–Trinajstić information content (AvgIpc) is 2.37. The fourth-order valence-electron chi connectivity index (χ4n) is 2.37. The summed E-state index contributed by atoms with van der Waals surface area (Å²) >= 11 is 0. The summed E-state index contributed by atoms with van der Waals surface area (Å²) in [6.45, 7) is 12.2. The van der Waals surface area contributed by atoms with Gasteiger partial charge in [-0.1, -0.05) is 39.0 Å². The Morgan fingerprint density at radius 2 is 1.89 bits per heavy atom. The van der Waals surface area contributed by atoms with Gasteiger partial charge < -0.3 is 10.2 Å². The maximum Gasteiger partial charge on any atom is 0.0393 e. The van der Waals surface area contributed by atoms with Gasteiger partial charge >= 0.3 is 0 Å². The monoisotopic (exact) mass is 248 g/mol. The number of aryl methyl sites for hydroxylation is 1. The van der Waals surface area contributed by atoms with Gasteiger partial charge in [-0.25, -0.2) is 0 Å². The molecule has 1 atom stereocenters. The molecule has 1 aromatic carbocycles. The molecule has 1 unspecified atom stereocenters. The highest BCUT2D eigenvalue weighted by Gasteiger charge is 2.24. The van der Waals surface area contributed by atoms with E-state index in [1.165, 1.54) is 17.7 Å². The molecule has 0 radical (unpaired) electrons. The molecule has 0 saturated carbocycles. The Hall–Kier alpha value is -1.02. The Bertz CT molecular complexity index is 362. The lowest BCUT2D eigenvalue weighted by atomic mass is 9.86. The van der Waals surface area contributed by atoms with Crippen molar-refractivity contribution in [3.63, 3.8) is 0 Å². The highest BCUT2D eigenvalue weighted by molar-refractivity contribution is 5.52. The second-order valence-electron chi connectivity index (χ2n) is 5.59. The summed E-state index contributed by atoms with van der Waals surface area (Å²) in [4.78, 5) is 2.39. The fraction of sp³-hybridized carbons (Fsp3) is 0.625. The average molecular weight is 248 g/mol. The van der Waals surface area contributed by atoms with E-state index in [2.05, 4.69) is 69.2 Å². The number of anilines is 1. The van der Waals surface area contributed by atoms with E-state index in [1.54, 1.807) is 0 Å². The first-order chi connectivity index (χ1) is 8.52. The van der Waals surface area contributed by atoms with Crippen LogP contribution in [0.3, 0.4) is 0 Å². The number of hydrogen-bond donors (Lipinski definition) is 1. The summed E-state index contributed by atoms with van der Waals surface area (Å²) in [5.41, 5.74) is 3.02. The van der Waals surface area contributed by atoms with Gasteiger partial charge in [0, 0.05) is 25.8 Å². The Morgan fingerprint density at radius 1 is 1.22 bits per heavy atom. The molecule has 0 aliphatic heterocycles. The lowest BCUT2D eigenvalue weighted by Crippen LogP contribution is -2.40. The van der Waals surface area contributed by atoms with E-state index >= 15 is 0 Å². The molecule has 0 saturated heterocycles. The third kappa shape index (κ3) is 4.02. The van der Waals surface area contributed by atoms with Gasteiger partial charge in [-0.15, -0.1) is 0 Å². The quantitative estimate of drug-likeness (QED) is 0.795. The maximum absolute atomic E-state index is 3.48. The highest BCUT2D eigenvalue weighted by Crippen LogP contribution is 2.26. The number of nitrogens with one attached hydrogen (secondary N) is 1. The summed E-state index contributed by atoms with van der Waals surface area (Å²) in [5.74, 6) is 0. The minimum atomic E-state index is 0.326. The van der Waals surface area contributed by atoms with Crippen molar-refractivity contribution in [2.75, 3.05) is 31.6 Å². The predicted molar refractivity (Wildman–Crippen MR) is 81.4 cm³/mol. The fourth-order valence-corrected chi connectivity index (χ4v) is 2.37. The molecular weight excluding hydrogens is 220 g/mol. The Labute approximate surface area is 112 Å². The molecule has 1 N–H and O–H groups in total. The third-order valence-corrected chi connectivity index (χ3v) is 3.80. The summed E-state index contributed by atoms with van der Waals surface area (Å²) in [6.07, 6.45) is 1.19. The van der Waals surface area contributed by atoms with Gasteiger partial charge in [0.2, 0.25) is 0 Å². The van der Waals surface area contributed by atoms with Crippen LogP contribution in [0.4, 0.5) is 5.69 Å². The molecule has 0 amide bonds. The van der Waals surface area contributed by atoms with Gasteiger partial charge in [0.15, 0.2) is 0 Å². The number of benzene rings is 1. The summed E-state index contributed by atoms with van der Waals surface area (Å²) in [5, 5.41) is 3.48. The standard InChI is InChI=1S/C16H28N2/c1-6-16(4,12-17-7-2)13-18(5)15-11-9-8-10-14(15)3/h8-11,17H,6-7,12-13H2,1-5H3. The SMILES string of the molecule is CCNCC(C)(CC)CN(C)c1ccccc1C. The normalized spacial score (nSPS) is 14.3. The van der Waals surface area contributed by atoms with E-state index in [4.69, 9.17) is 0 Å². The van der Waals surface area contributed by atoms with Crippen molar-refractivity contribution in [3.05, 3.63) is 29.8 Å². The topological polar surface area (TPSA) is 15.3 Å². The van der Waals surface area contributed by atoms with Crippen molar-refractivity contribution in [3.8, 4) is 0 Å². The Kier molecular flexibility index (Phi) is 5.67. The van der Waals surface area contributed by atoms with Gasteiger partial charge in [0.05, 0.1) is 0 Å². The van der Waals surface area contributed by atoms with Crippen molar-refractivity contribution in [1.29, 1.82) is 0 Å². The van der Waals surface area contributed by atoms with Gasteiger partial charge in [0.1, 0.15) is 0 Å². The van der Waals surface area contributed by atoms with E-state index in [9.17, 15) is 0 Å². The second-order valence-corrected chi connectivity index (χ2v) is 5.59. The smallest absolute Gasteiger partial charge is 0.0393 e. The lowest BCUT2D eigenvalue weighted by Gasteiger charge is -2.35. The first-order valence-electron chi connectivity index (χ1n) is 7.00. The molecule has 102 valence electrons. The number of hydrogen-bond acceptors (Lipinski definition) is 2. The molecule has 0 heterocycles. The molecule has 2 nitrogen and oxygen atoms in total. The zero-order chi connectivity index (χ0) is 13.6. The lowest BCUT2D eigenvalue weighted by molar-refractivity contribution is 0.302. The summed E-state index contributed by atoms with van der Waals surface area (Å²) in [7, 11) is 2.20. The highest BCUT2D eigenvalue weighted by atomic mass is 15.1. The van der Waals surface area contributed by atoms with Crippen LogP contribution in [0.2, 0.25) is 0 Å². The van der Waals surface area contributed by atoms with Crippen LogP contribution in [0.15, 0.2) is 24.3 Å². The van der Waals surface area contributed by atoms with Gasteiger partial charge in [-0.3, -0.25) is 0 Å². The minimum absolute atomic E-state index is 0.326. The van der Waals surface area contributed by atoms with Crippen LogP contribution in [0.5, 0.6) is 0 Å². The predicted octanol–water partition coefficient (Wildman–Crippen LogP) is 3.46. The molecule has 18 heavy (non-hydrogen) atoms. The van der Waals surface area contributed by atoms with Crippen LogP contribution in [-0.4, -0.2) is 26.7 Å². The van der Waals surface area contributed by atoms with Crippen molar-refractivity contribution in [2.24, 2.45) is 5.41 Å². The van der Waals surface area contributed by atoms with Gasteiger partial charge in [-0.2, -0.15) is 0 Å². The molecule has 0 bridgehead atoms. The molecule has 0 aliphatic rings. The van der Waals surface area contributed by atoms with Gasteiger partial charge in [-0.05, 0) is 36.9 Å². The molecule has 2 heteroatoms. The minimum Gasteiger partial charge on any atom is -0.374 e. The van der Waals surface area contributed by atoms with Crippen molar-refractivity contribution in [1.82, 2.24) is 5.32 Å². The zero-order valence-electron chi connectivity index (χ0n) is 12.6. The Balaban J connectivity index is 2.73. The Morgan fingerprint density at radius 3 is 2.44 bits per heavy atom.